The lowest BCUT2D eigenvalue weighted by molar-refractivity contribution is 0.118. The smallest absolute Gasteiger partial charge is 0.127 e. The fourth-order valence-electron chi connectivity index (χ4n) is 2.94. The summed E-state index contributed by atoms with van der Waals surface area (Å²) >= 11 is 0. The zero-order chi connectivity index (χ0) is 11.8. The van der Waals surface area contributed by atoms with Crippen LogP contribution in [0, 0.1) is 0 Å². The van der Waals surface area contributed by atoms with Crippen LogP contribution in [0.25, 0.3) is 0 Å². The first kappa shape index (κ1) is 11.6. The van der Waals surface area contributed by atoms with E-state index in [0.29, 0.717) is 0 Å². The van der Waals surface area contributed by atoms with Crippen LogP contribution in [0.3, 0.4) is 0 Å². The van der Waals surface area contributed by atoms with Gasteiger partial charge in [-0.1, -0.05) is 12.8 Å². The maximum absolute atomic E-state index is 6.46. The molecule has 0 spiro atoms. The molecule has 4 nitrogen and oxygen atoms in total. The van der Waals surface area contributed by atoms with Crippen LogP contribution in [0.1, 0.15) is 37.5 Å². The van der Waals surface area contributed by atoms with Gasteiger partial charge in [-0.2, -0.15) is 0 Å². The van der Waals surface area contributed by atoms with Crippen LogP contribution >= 0.6 is 0 Å². The van der Waals surface area contributed by atoms with Crippen molar-refractivity contribution in [3.63, 3.8) is 0 Å². The molecule has 0 aliphatic heterocycles. The van der Waals surface area contributed by atoms with E-state index in [1.54, 1.807) is 0 Å². The van der Waals surface area contributed by atoms with Crippen molar-refractivity contribution in [3.05, 3.63) is 18.2 Å². The first-order chi connectivity index (χ1) is 7.58. The van der Waals surface area contributed by atoms with Crippen LogP contribution < -0.4 is 5.73 Å². The van der Waals surface area contributed by atoms with E-state index in [-0.39, 0.29) is 11.6 Å². The van der Waals surface area contributed by atoms with E-state index in [9.17, 15) is 0 Å². The van der Waals surface area contributed by atoms with Crippen molar-refractivity contribution >= 4 is 0 Å². The Balaban J connectivity index is 2.31. The van der Waals surface area contributed by atoms with E-state index >= 15 is 0 Å². The molecule has 2 rings (SSSR count). The molecule has 1 aliphatic carbocycles. The molecule has 1 fully saturated rings. The molecule has 0 aromatic carbocycles. The normalized spacial score (nSPS) is 21.6. The molecule has 1 aromatic heterocycles. The highest BCUT2D eigenvalue weighted by molar-refractivity contribution is 5.11. The lowest BCUT2D eigenvalue weighted by atomic mass is 9.86. The van der Waals surface area contributed by atoms with Gasteiger partial charge in [-0.3, -0.25) is 0 Å². The molecule has 1 heterocycles. The van der Waals surface area contributed by atoms with E-state index < -0.39 is 0 Å². The van der Waals surface area contributed by atoms with Crippen LogP contribution in [0.5, 0.6) is 0 Å². The van der Waals surface area contributed by atoms with Crippen LogP contribution in [0.15, 0.2) is 12.4 Å². The summed E-state index contributed by atoms with van der Waals surface area (Å²) in [4.78, 5) is 6.69. The first-order valence-electron chi connectivity index (χ1n) is 5.98. The van der Waals surface area contributed by atoms with Gasteiger partial charge >= 0.3 is 0 Å². The van der Waals surface area contributed by atoms with Gasteiger partial charge in [0.2, 0.25) is 0 Å². The quantitative estimate of drug-likeness (QED) is 0.838. The van der Waals surface area contributed by atoms with Crippen LogP contribution in [0.2, 0.25) is 0 Å². The number of hydrogen-bond donors (Lipinski definition) is 1. The lowest BCUT2D eigenvalue weighted by Crippen LogP contribution is -2.51. The minimum atomic E-state index is 0.00463. The largest absolute Gasteiger partial charge is 0.337 e. The summed E-state index contributed by atoms with van der Waals surface area (Å²) in [5.74, 6) is 0.996. The molecule has 1 atom stereocenters. The van der Waals surface area contributed by atoms with Gasteiger partial charge in [0.25, 0.3) is 0 Å². The molecule has 0 saturated heterocycles. The predicted octanol–water partition coefficient (Wildman–Crippen LogP) is 1.29. The third-order valence-electron chi connectivity index (χ3n) is 4.08. The van der Waals surface area contributed by atoms with E-state index in [4.69, 9.17) is 5.73 Å². The molecule has 1 aromatic rings. The Labute approximate surface area is 97.4 Å². The maximum Gasteiger partial charge on any atom is 0.127 e. The molecule has 1 unspecified atom stereocenters. The second-order valence-corrected chi connectivity index (χ2v) is 5.08. The molecule has 0 radical (unpaired) electrons. The summed E-state index contributed by atoms with van der Waals surface area (Å²) < 4.78 is 2.04. The Morgan fingerprint density at radius 1 is 1.44 bits per heavy atom. The second-order valence-electron chi connectivity index (χ2n) is 5.08. The molecule has 0 amide bonds. The Kier molecular flexibility index (Phi) is 3.04. The topological polar surface area (TPSA) is 47.1 Å². The Morgan fingerprint density at radius 2 is 2.06 bits per heavy atom. The van der Waals surface area contributed by atoms with Crippen molar-refractivity contribution in [2.24, 2.45) is 12.8 Å². The van der Waals surface area contributed by atoms with Gasteiger partial charge in [0.05, 0.1) is 6.04 Å². The van der Waals surface area contributed by atoms with Crippen LogP contribution in [0.4, 0.5) is 0 Å². The number of aromatic nitrogens is 2. The molecule has 90 valence electrons. The average molecular weight is 222 g/mol. The monoisotopic (exact) mass is 222 g/mol. The van der Waals surface area contributed by atoms with E-state index in [0.717, 1.165) is 5.82 Å². The summed E-state index contributed by atoms with van der Waals surface area (Å²) in [6.07, 6.45) is 8.69. The van der Waals surface area contributed by atoms with Crippen molar-refractivity contribution in [2.45, 2.75) is 37.3 Å². The molecule has 16 heavy (non-hydrogen) atoms. The van der Waals surface area contributed by atoms with Crippen LogP contribution in [-0.2, 0) is 7.05 Å². The number of imidazole rings is 1. The number of hydrogen-bond acceptors (Lipinski definition) is 3. The minimum Gasteiger partial charge on any atom is -0.337 e. The minimum absolute atomic E-state index is 0.00463. The zero-order valence-corrected chi connectivity index (χ0v) is 10.5. The van der Waals surface area contributed by atoms with Crippen molar-refractivity contribution in [3.8, 4) is 0 Å². The summed E-state index contributed by atoms with van der Waals surface area (Å²) in [7, 11) is 6.28. The summed E-state index contributed by atoms with van der Waals surface area (Å²) in [5.41, 5.74) is 6.55. The number of aryl methyl sites for hydroxylation is 1. The van der Waals surface area contributed by atoms with Crippen molar-refractivity contribution in [1.82, 2.24) is 14.5 Å². The van der Waals surface area contributed by atoms with Crippen LogP contribution in [-0.4, -0.2) is 34.1 Å². The van der Waals surface area contributed by atoms with E-state index in [2.05, 4.69) is 24.0 Å². The van der Waals surface area contributed by atoms with E-state index in [1.807, 2.05) is 24.0 Å². The molecule has 1 aliphatic rings. The van der Waals surface area contributed by atoms with Crippen molar-refractivity contribution < 1.29 is 0 Å². The number of likely N-dealkylation sites (N-methyl/N-ethyl adjacent to an activating group) is 1. The molecule has 1 saturated carbocycles. The number of nitrogens with zero attached hydrogens (tertiary/aromatic N) is 3. The third kappa shape index (κ3) is 1.66. The van der Waals surface area contributed by atoms with Gasteiger partial charge < -0.3 is 15.2 Å². The molecular formula is C12H22N4. The maximum atomic E-state index is 6.46. The third-order valence-corrected chi connectivity index (χ3v) is 4.08. The zero-order valence-electron chi connectivity index (χ0n) is 10.5. The molecule has 0 bridgehead atoms. The fourth-order valence-corrected chi connectivity index (χ4v) is 2.94. The number of rotatable bonds is 3. The van der Waals surface area contributed by atoms with Crippen molar-refractivity contribution in [2.75, 3.05) is 14.1 Å². The summed E-state index contributed by atoms with van der Waals surface area (Å²) in [6.45, 7) is 0. The predicted molar refractivity (Wildman–Crippen MR) is 65.0 cm³/mol. The van der Waals surface area contributed by atoms with Gasteiger partial charge in [-0.25, -0.2) is 4.98 Å². The van der Waals surface area contributed by atoms with Gasteiger partial charge in [0.1, 0.15) is 5.82 Å². The summed E-state index contributed by atoms with van der Waals surface area (Å²) in [6, 6.07) is 0.00463. The fraction of sp³-hybridized carbons (Fsp3) is 0.750. The SMILES string of the molecule is CN(C)C1(C(N)c2nccn2C)CCCC1. The Hall–Kier alpha value is -0.870. The highest BCUT2D eigenvalue weighted by Crippen LogP contribution is 2.41. The van der Waals surface area contributed by atoms with Gasteiger partial charge in [0.15, 0.2) is 0 Å². The van der Waals surface area contributed by atoms with E-state index in [1.165, 1.54) is 25.7 Å². The standard InChI is InChI=1S/C12H22N4/c1-15(2)12(6-4-5-7-12)10(13)11-14-8-9-16(11)3/h8-10H,4-7,13H2,1-3H3. The molecule has 2 N–H and O–H groups in total. The van der Waals surface area contributed by atoms with Gasteiger partial charge in [-0.15, -0.1) is 0 Å². The van der Waals surface area contributed by atoms with Gasteiger partial charge in [0, 0.05) is 25.0 Å². The molecule has 4 heteroatoms. The van der Waals surface area contributed by atoms with Crippen molar-refractivity contribution in [1.29, 1.82) is 0 Å². The Bertz CT molecular complexity index is 350. The average Bonchev–Trinajstić information content (AvgIpc) is 2.85. The number of nitrogens with two attached hydrogens (primary N) is 1. The Morgan fingerprint density at radius 3 is 2.50 bits per heavy atom. The highest BCUT2D eigenvalue weighted by atomic mass is 15.2. The molecular weight excluding hydrogens is 200 g/mol. The lowest BCUT2D eigenvalue weighted by Gasteiger charge is -2.41. The van der Waals surface area contributed by atoms with Gasteiger partial charge in [-0.05, 0) is 26.9 Å². The first-order valence-corrected chi connectivity index (χ1v) is 5.98. The second kappa shape index (κ2) is 4.18. The summed E-state index contributed by atoms with van der Waals surface area (Å²) in [5, 5.41) is 0. The highest BCUT2D eigenvalue weighted by Gasteiger charge is 2.43.